The van der Waals surface area contributed by atoms with Gasteiger partial charge in [0.15, 0.2) is 0 Å². The maximum Gasteiger partial charge on any atom is 0.224 e. The van der Waals surface area contributed by atoms with Crippen LogP contribution in [0.15, 0.2) is 22.8 Å². The number of ether oxygens (including phenoxy) is 1. The van der Waals surface area contributed by atoms with Gasteiger partial charge < -0.3 is 19.4 Å². The summed E-state index contributed by atoms with van der Waals surface area (Å²) in [6, 6.07) is 3.71. The standard InChI is InChI=1S/C15H22N2O3/c1-17-6-4-14-13(10-17)12(5-8-20-14)15(18)16-9-11-3-2-7-19-11/h2-3,7,12-14H,4-6,8-10H2,1H3,(H,16,18)/t12-,13+,14-/m1/s1. The van der Waals surface area contributed by atoms with Gasteiger partial charge >= 0.3 is 0 Å². The highest BCUT2D eigenvalue weighted by Crippen LogP contribution is 2.32. The number of piperidine rings is 1. The molecule has 1 aromatic heterocycles. The lowest BCUT2D eigenvalue weighted by molar-refractivity contribution is -0.141. The molecule has 110 valence electrons. The summed E-state index contributed by atoms with van der Waals surface area (Å²) >= 11 is 0. The van der Waals surface area contributed by atoms with Gasteiger partial charge in [-0.3, -0.25) is 4.79 Å². The molecule has 0 saturated carbocycles. The largest absolute Gasteiger partial charge is 0.467 e. The SMILES string of the molecule is CN1CC[C@H]2OCC[C@@H](C(=O)NCc3ccco3)[C@@H]2C1. The van der Waals surface area contributed by atoms with Crippen molar-refractivity contribution >= 4 is 5.91 Å². The first kappa shape index (κ1) is 13.6. The van der Waals surface area contributed by atoms with E-state index < -0.39 is 0 Å². The van der Waals surface area contributed by atoms with Gasteiger partial charge in [-0.25, -0.2) is 0 Å². The van der Waals surface area contributed by atoms with Crippen LogP contribution in [0.25, 0.3) is 0 Å². The Bertz CT molecular complexity index is 446. The van der Waals surface area contributed by atoms with E-state index in [1.54, 1.807) is 6.26 Å². The first-order valence-corrected chi connectivity index (χ1v) is 7.34. The van der Waals surface area contributed by atoms with E-state index in [2.05, 4.69) is 17.3 Å². The molecular formula is C15H22N2O3. The second-order valence-corrected chi connectivity index (χ2v) is 5.82. The Balaban J connectivity index is 1.60. The van der Waals surface area contributed by atoms with Crippen LogP contribution in [0.1, 0.15) is 18.6 Å². The zero-order chi connectivity index (χ0) is 13.9. The molecule has 0 aromatic carbocycles. The molecule has 0 unspecified atom stereocenters. The Labute approximate surface area is 119 Å². The second kappa shape index (κ2) is 5.97. The van der Waals surface area contributed by atoms with Crippen molar-refractivity contribution in [2.24, 2.45) is 11.8 Å². The summed E-state index contributed by atoms with van der Waals surface area (Å²) in [4.78, 5) is 14.7. The summed E-state index contributed by atoms with van der Waals surface area (Å²) in [5, 5.41) is 3.00. The van der Waals surface area contributed by atoms with Crippen LogP contribution in [-0.4, -0.2) is 43.7 Å². The number of furan rings is 1. The maximum absolute atomic E-state index is 12.4. The highest BCUT2D eigenvalue weighted by Gasteiger charge is 2.40. The minimum atomic E-state index is 0.0615. The fourth-order valence-corrected chi connectivity index (χ4v) is 3.33. The van der Waals surface area contributed by atoms with Crippen molar-refractivity contribution in [3.63, 3.8) is 0 Å². The second-order valence-electron chi connectivity index (χ2n) is 5.82. The van der Waals surface area contributed by atoms with Crippen LogP contribution < -0.4 is 5.32 Å². The first-order valence-electron chi connectivity index (χ1n) is 7.34. The number of hydrogen-bond acceptors (Lipinski definition) is 4. The average molecular weight is 278 g/mol. The van der Waals surface area contributed by atoms with E-state index in [1.807, 2.05) is 12.1 Å². The monoisotopic (exact) mass is 278 g/mol. The van der Waals surface area contributed by atoms with Gasteiger partial charge in [-0.05, 0) is 32.0 Å². The number of hydrogen-bond donors (Lipinski definition) is 1. The Kier molecular flexibility index (Phi) is 4.08. The average Bonchev–Trinajstić information content (AvgIpc) is 2.97. The molecule has 2 aliphatic rings. The van der Waals surface area contributed by atoms with E-state index in [9.17, 15) is 4.79 Å². The molecule has 2 aliphatic heterocycles. The quantitative estimate of drug-likeness (QED) is 0.904. The van der Waals surface area contributed by atoms with Crippen LogP contribution in [0, 0.1) is 11.8 Å². The van der Waals surface area contributed by atoms with Gasteiger partial charge in [0.05, 0.1) is 18.9 Å². The molecule has 1 amide bonds. The molecule has 1 N–H and O–H groups in total. The number of carbonyl (C=O) groups excluding carboxylic acids is 1. The zero-order valence-corrected chi connectivity index (χ0v) is 11.9. The third kappa shape index (κ3) is 2.88. The van der Waals surface area contributed by atoms with E-state index in [0.717, 1.165) is 31.7 Å². The minimum absolute atomic E-state index is 0.0615. The van der Waals surface area contributed by atoms with Crippen molar-refractivity contribution in [1.29, 1.82) is 0 Å². The van der Waals surface area contributed by atoms with Crippen LogP contribution in [0.5, 0.6) is 0 Å². The van der Waals surface area contributed by atoms with Gasteiger partial charge in [-0.15, -0.1) is 0 Å². The fraction of sp³-hybridized carbons (Fsp3) is 0.667. The van der Waals surface area contributed by atoms with Crippen LogP contribution in [-0.2, 0) is 16.1 Å². The van der Waals surface area contributed by atoms with Gasteiger partial charge in [-0.2, -0.15) is 0 Å². The van der Waals surface area contributed by atoms with E-state index in [-0.39, 0.29) is 17.9 Å². The van der Waals surface area contributed by atoms with Crippen molar-refractivity contribution in [2.75, 3.05) is 26.7 Å². The molecule has 0 spiro atoms. The summed E-state index contributed by atoms with van der Waals surface area (Å²) in [7, 11) is 2.11. The van der Waals surface area contributed by atoms with Crippen molar-refractivity contribution in [2.45, 2.75) is 25.5 Å². The topological polar surface area (TPSA) is 54.7 Å². The lowest BCUT2D eigenvalue weighted by Crippen LogP contribution is -2.52. The van der Waals surface area contributed by atoms with Crippen molar-refractivity contribution in [3.05, 3.63) is 24.2 Å². The predicted octanol–water partition coefficient (Wildman–Crippen LogP) is 1.25. The molecule has 5 nitrogen and oxygen atoms in total. The highest BCUT2D eigenvalue weighted by atomic mass is 16.5. The number of carbonyl (C=O) groups is 1. The molecule has 0 aliphatic carbocycles. The van der Waals surface area contributed by atoms with E-state index in [0.29, 0.717) is 19.1 Å². The number of nitrogens with one attached hydrogen (secondary N) is 1. The molecule has 5 heteroatoms. The fourth-order valence-electron chi connectivity index (χ4n) is 3.33. The van der Waals surface area contributed by atoms with Crippen molar-refractivity contribution in [3.8, 4) is 0 Å². The van der Waals surface area contributed by atoms with E-state index in [1.165, 1.54) is 0 Å². The summed E-state index contributed by atoms with van der Waals surface area (Å²) in [6.45, 7) is 3.17. The Morgan fingerprint density at radius 3 is 3.20 bits per heavy atom. The van der Waals surface area contributed by atoms with Crippen LogP contribution in [0.2, 0.25) is 0 Å². The highest BCUT2D eigenvalue weighted by molar-refractivity contribution is 5.79. The molecule has 0 bridgehead atoms. The zero-order valence-electron chi connectivity index (χ0n) is 11.9. The Morgan fingerprint density at radius 1 is 1.50 bits per heavy atom. The number of likely N-dealkylation sites (tertiary alicyclic amines) is 1. The molecule has 20 heavy (non-hydrogen) atoms. The Hall–Kier alpha value is -1.33. The normalized spacial score (nSPS) is 30.8. The lowest BCUT2D eigenvalue weighted by atomic mass is 9.79. The first-order chi connectivity index (χ1) is 9.74. The Morgan fingerprint density at radius 2 is 2.40 bits per heavy atom. The molecule has 2 fully saturated rings. The smallest absolute Gasteiger partial charge is 0.224 e. The van der Waals surface area contributed by atoms with Gasteiger partial charge in [-0.1, -0.05) is 0 Å². The molecule has 0 radical (unpaired) electrons. The molecule has 1 aromatic rings. The number of rotatable bonds is 3. The minimum Gasteiger partial charge on any atom is -0.467 e. The van der Waals surface area contributed by atoms with Gasteiger partial charge in [0.1, 0.15) is 5.76 Å². The summed E-state index contributed by atoms with van der Waals surface area (Å²) in [5.41, 5.74) is 0. The van der Waals surface area contributed by atoms with Crippen LogP contribution in [0.3, 0.4) is 0 Å². The van der Waals surface area contributed by atoms with Crippen molar-refractivity contribution < 1.29 is 13.9 Å². The lowest BCUT2D eigenvalue weighted by Gasteiger charge is -2.43. The molecule has 3 rings (SSSR count). The van der Waals surface area contributed by atoms with Gasteiger partial charge in [0.2, 0.25) is 5.91 Å². The molecule has 2 saturated heterocycles. The van der Waals surface area contributed by atoms with Gasteiger partial charge in [0.25, 0.3) is 0 Å². The van der Waals surface area contributed by atoms with Gasteiger partial charge in [0, 0.05) is 31.5 Å². The van der Waals surface area contributed by atoms with E-state index in [4.69, 9.17) is 9.15 Å². The molecular weight excluding hydrogens is 256 g/mol. The molecule has 3 atom stereocenters. The maximum atomic E-state index is 12.4. The number of nitrogens with zero attached hydrogens (tertiary/aromatic N) is 1. The van der Waals surface area contributed by atoms with E-state index >= 15 is 0 Å². The molecule has 3 heterocycles. The summed E-state index contributed by atoms with van der Waals surface area (Å²) in [5.74, 6) is 1.31. The third-order valence-electron chi connectivity index (χ3n) is 4.43. The third-order valence-corrected chi connectivity index (χ3v) is 4.43. The number of amides is 1. The predicted molar refractivity (Wildman–Crippen MR) is 74.0 cm³/mol. The summed E-state index contributed by atoms with van der Waals surface area (Å²) < 4.78 is 11.1. The van der Waals surface area contributed by atoms with Crippen LogP contribution >= 0.6 is 0 Å². The summed E-state index contributed by atoms with van der Waals surface area (Å²) in [6.07, 6.45) is 3.73. The van der Waals surface area contributed by atoms with Crippen molar-refractivity contribution in [1.82, 2.24) is 10.2 Å². The van der Waals surface area contributed by atoms with Crippen LogP contribution in [0.4, 0.5) is 0 Å². The number of fused-ring (bicyclic) bond motifs is 1.